The highest BCUT2D eigenvalue weighted by Crippen LogP contribution is 2.23. The lowest BCUT2D eigenvalue weighted by atomic mass is 10.1. The van der Waals surface area contributed by atoms with Gasteiger partial charge in [-0.3, -0.25) is 0 Å². The van der Waals surface area contributed by atoms with Crippen LogP contribution in [0.15, 0.2) is 45.9 Å². The molecule has 0 bridgehead atoms. The average Bonchev–Trinajstić information content (AvgIpc) is 3.43. The second-order valence-electron chi connectivity index (χ2n) is 8.78. The molecule has 0 saturated carbocycles. The molecule has 0 amide bonds. The number of benzene rings is 1. The van der Waals surface area contributed by atoms with Crippen molar-refractivity contribution in [3.05, 3.63) is 47.7 Å². The molecule has 11 heteroatoms. The molecule has 2 aliphatic heterocycles. The molecule has 11 nitrogen and oxygen atoms in total. The number of ether oxygens (including phenoxy) is 2. The summed E-state index contributed by atoms with van der Waals surface area (Å²) in [5.74, 6) is 2.57. The maximum Gasteiger partial charge on any atom is 0.338 e. The predicted molar refractivity (Wildman–Crippen MR) is 140 cm³/mol. The SMILES string of the molecule is CCOC(=O)c1ccc(-c2ccc(/C=N\Nc3nc(N4CCCCC4)nc(N4CCOCC4)n3)o2)cc1. The van der Waals surface area contributed by atoms with Crippen LogP contribution < -0.4 is 15.2 Å². The molecule has 37 heavy (non-hydrogen) atoms. The molecule has 0 spiro atoms. The van der Waals surface area contributed by atoms with Crippen LogP contribution >= 0.6 is 0 Å². The molecule has 2 aromatic heterocycles. The van der Waals surface area contributed by atoms with Crippen LogP contribution in [0, 0.1) is 0 Å². The standard InChI is InChI=1S/C26H31N7O4/c1-2-36-23(34)20-8-6-19(7-9-20)22-11-10-21(37-22)18-27-31-24-28-25(32-12-4-3-5-13-32)30-26(29-24)33-14-16-35-17-15-33/h6-11,18H,2-5,12-17H2,1H3,(H,28,29,30,31)/b27-18-. The highest BCUT2D eigenvalue weighted by molar-refractivity contribution is 5.90. The normalized spacial score (nSPS) is 16.2. The summed E-state index contributed by atoms with van der Waals surface area (Å²) in [4.78, 5) is 30.1. The summed E-state index contributed by atoms with van der Waals surface area (Å²) < 4.78 is 16.4. The first-order valence-electron chi connectivity index (χ1n) is 12.7. The van der Waals surface area contributed by atoms with Gasteiger partial charge in [0, 0.05) is 31.7 Å². The number of nitrogens with one attached hydrogen (secondary N) is 1. The number of furan rings is 1. The summed E-state index contributed by atoms with van der Waals surface area (Å²) in [6.07, 6.45) is 5.07. The van der Waals surface area contributed by atoms with Crippen LogP contribution in [0.3, 0.4) is 0 Å². The van der Waals surface area contributed by atoms with Gasteiger partial charge in [-0.15, -0.1) is 0 Å². The van der Waals surface area contributed by atoms with Gasteiger partial charge < -0.3 is 23.7 Å². The van der Waals surface area contributed by atoms with Gasteiger partial charge in [-0.2, -0.15) is 20.1 Å². The molecule has 0 aliphatic carbocycles. The van der Waals surface area contributed by atoms with Crippen molar-refractivity contribution in [1.29, 1.82) is 0 Å². The third kappa shape index (κ3) is 6.23. The van der Waals surface area contributed by atoms with Crippen molar-refractivity contribution in [1.82, 2.24) is 15.0 Å². The number of anilines is 3. The lowest BCUT2D eigenvalue weighted by molar-refractivity contribution is 0.0526. The zero-order valence-electron chi connectivity index (χ0n) is 20.9. The summed E-state index contributed by atoms with van der Waals surface area (Å²) in [5.41, 5.74) is 4.29. The first-order valence-corrected chi connectivity index (χ1v) is 12.7. The minimum absolute atomic E-state index is 0.341. The molecular formula is C26H31N7O4. The van der Waals surface area contributed by atoms with Crippen LogP contribution in [0.1, 0.15) is 42.3 Å². The molecule has 194 valence electrons. The topological polar surface area (TPSA) is 118 Å². The molecule has 1 N–H and O–H groups in total. The number of carbonyl (C=O) groups excluding carboxylic acids is 1. The Morgan fingerprint density at radius 3 is 2.38 bits per heavy atom. The lowest BCUT2D eigenvalue weighted by Gasteiger charge is -2.30. The maximum atomic E-state index is 11.9. The van der Waals surface area contributed by atoms with E-state index in [1.54, 1.807) is 25.3 Å². The van der Waals surface area contributed by atoms with Crippen LogP contribution in [-0.2, 0) is 9.47 Å². The zero-order valence-corrected chi connectivity index (χ0v) is 20.9. The van der Waals surface area contributed by atoms with Gasteiger partial charge >= 0.3 is 5.97 Å². The highest BCUT2D eigenvalue weighted by atomic mass is 16.5. The molecule has 4 heterocycles. The summed E-state index contributed by atoms with van der Waals surface area (Å²) >= 11 is 0. The van der Waals surface area contributed by atoms with Crippen molar-refractivity contribution in [2.75, 3.05) is 61.2 Å². The van der Waals surface area contributed by atoms with Crippen molar-refractivity contribution < 1.29 is 18.7 Å². The second kappa shape index (κ2) is 11.8. The van der Waals surface area contributed by atoms with Crippen molar-refractivity contribution in [2.24, 2.45) is 5.10 Å². The van der Waals surface area contributed by atoms with Gasteiger partial charge in [-0.25, -0.2) is 10.2 Å². The minimum Gasteiger partial charge on any atom is -0.462 e. The van der Waals surface area contributed by atoms with Crippen LogP contribution in [-0.4, -0.2) is 73.1 Å². The Labute approximate surface area is 215 Å². The van der Waals surface area contributed by atoms with Gasteiger partial charge in [0.1, 0.15) is 11.5 Å². The summed E-state index contributed by atoms with van der Waals surface area (Å²) in [6, 6.07) is 10.8. The number of piperidine rings is 1. The second-order valence-corrected chi connectivity index (χ2v) is 8.78. The van der Waals surface area contributed by atoms with Crippen molar-refractivity contribution in [2.45, 2.75) is 26.2 Å². The number of hydrogen-bond acceptors (Lipinski definition) is 11. The molecule has 0 unspecified atom stereocenters. The van der Waals surface area contributed by atoms with E-state index < -0.39 is 0 Å². The molecule has 0 radical (unpaired) electrons. The molecule has 2 fully saturated rings. The summed E-state index contributed by atoms with van der Waals surface area (Å²) in [7, 11) is 0. The molecule has 0 atom stereocenters. The van der Waals surface area contributed by atoms with Crippen molar-refractivity contribution in [3.8, 4) is 11.3 Å². The number of carbonyl (C=O) groups is 1. The van der Waals surface area contributed by atoms with E-state index in [9.17, 15) is 4.79 Å². The molecular weight excluding hydrogens is 474 g/mol. The Kier molecular flexibility index (Phi) is 7.90. The summed E-state index contributed by atoms with van der Waals surface area (Å²) in [6.45, 7) is 6.77. The van der Waals surface area contributed by atoms with E-state index in [0.29, 0.717) is 54.7 Å². The predicted octanol–water partition coefficient (Wildman–Crippen LogP) is 3.58. The first-order chi connectivity index (χ1) is 18.2. The van der Waals surface area contributed by atoms with E-state index in [1.165, 1.54) is 6.42 Å². The number of hydrogen-bond donors (Lipinski definition) is 1. The first kappa shape index (κ1) is 24.7. The average molecular weight is 506 g/mol. The molecule has 1 aromatic carbocycles. The fourth-order valence-electron chi connectivity index (χ4n) is 4.26. The molecule has 2 saturated heterocycles. The number of esters is 1. The monoisotopic (exact) mass is 505 g/mol. The van der Waals surface area contributed by atoms with Crippen LogP contribution in [0.5, 0.6) is 0 Å². The van der Waals surface area contributed by atoms with E-state index in [4.69, 9.17) is 18.9 Å². The van der Waals surface area contributed by atoms with Crippen LogP contribution in [0.25, 0.3) is 11.3 Å². The van der Waals surface area contributed by atoms with Crippen LogP contribution in [0.2, 0.25) is 0 Å². The van der Waals surface area contributed by atoms with E-state index in [1.807, 2.05) is 24.3 Å². The number of nitrogens with zero attached hydrogens (tertiary/aromatic N) is 6. The van der Waals surface area contributed by atoms with E-state index in [2.05, 4.69) is 30.3 Å². The van der Waals surface area contributed by atoms with Gasteiger partial charge in [0.05, 0.1) is 31.6 Å². The molecule has 5 rings (SSSR count). The highest BCUT2D eigenvalue weighted by Gasteiger charge is 2.20. The van der Waals surface area contributed by atoms with Gasteiger partial charge in [0.25, 0.3) is 0 Å². The van der Waals surface area contributed by atoms with Crippen molar-refractivity contribution >= 4 is 30.0 Å². The zero-order chi connectivity index (χ0) is 25.5. The third-order valence-corrected chi connectivity index (χ3v) is 6.21. The van der Waals surface area contributed by atoms with E-state index in [0.717, 1.165) is 44.6 Å². The number of hydrazone groups is 1. The van der Waals surface area contributed by atoms with E-state index in [-0.39, 0.29) is 5.97 Å². The Hall–Kier alpha value is -3.99. The largest absolute Gasteiger partial charge is 0.462 e. The van der Waals surface area contributed by atoms with Gasteiger partial charge in [-0.1, -0.05) is 12.1 Å². The van der Waals surface area contributed by atoms with E-state index >= 15 is 0 Å². The van der Waals surface area contributed by atoms with Gasteiger partial charge in [-0.05, 0) is 50.5 Å². The van der Waals surface area contributed by atoms with Crippen LogP contribution in [0.4, 0.5) is 17.8 Å². The Morgan fingerprint density at radius 2 is 1.68 bits per heavy atom. The van der Waals surface area contributed by atoms with Crippen molar-refractivity contribution in [3.63, 3.8) is 0 Å². The fraction of sp³-hybridized carbons (Fsp3) is 0.423. The lowest BCUT2D eigenvalue weighted by Crippen LogP contribution is -2.38. The number of aromatic nitrogens is 3. The summed E-state index contributed by atoms with van der Waals surface area (Å²) in [5, 5.41) is 4.30. The molecule has 2 aliphatic rings. The quantitative estimate of drug-likeness (QED) is 0.276. The molecule has 3 aromatic rings. The maximum absolute atomic E-state index is 11.9. The number of morpholine rings is 1. The Bertz CT molecular complexity index is 1180. The minimum atomic E-state index is -0.342. The van der Waals surface area contributed by atoms with Gasteiger partial charge in [0.15, 0.2) is 0 Å². The number of rotatable bonds is 8. The smallest absolute Gasteiger partial charge is 0.338 e. The Morgan fingerprint density at radius 1 is 0.973 bits per heavy atom. The fourth-order valence-corrected chi connectivity index (χ4v) is 4.26. The Balaban J connectivity index is 1.28. The van der Waals surface area contributed by atoms with Gasteiger partial charge in [0.2, 0.25) is 17.8 Å². The third-order valence-electron chi connectivity index (χ3n) is 6.21.